The lowest BCUT2D eigenvalue weighted by Crippen LogP contribution is -2.32. The molecular weight excluding hydrogens is 369 g/mol. The maximum Gasteiger partial charge on any atom is 0.416 e. The van der Waals surface area contributed by atoms with Gasteiger partial charge >= 0.3 is 12.1 Å². The molecular formula is C21H31F3N2O2. The molecule has 1 fully saturated rings. The van der Waals surface area contributed by atoms with Crippen molar-refractivity contribution >= 4 is 11.7 Å². The van der Waals surface area contributed by atoms with Gasteiger partial charge in [-0.25, -0.2) is 0 Å². The van der Waals surface area contributed by atoms with Crippen molar-refractivity contribution in [1.29, 1.82) is 0 Å². The van der Waals surface area contributed by atoms with Crippen LogP contribution in [0.5, 0.6) is 0 Å². The normalized spacial score (nSPS) is 20.1. The standard InChI is InChI=1S/C21H31F3N2O2/c1-3-26(19-10-9-18(21(22,23)24)12-17(19)13-25)14-16-7-5-15(6-8-16)11-20(27)28-4-2/h9-10,12,15-16H,3-8,11,13-14,25H2,1-2H3/t15-,16-. The summed E-state index contributed by atoms with van der Waals surface area (Å²) in [6.07, 6.45) is 0.110. The van der Waals surface area contributed by atoms with E-state index in [2.05, 4.69) is 4.90 Å². The van der Waals surface area contributed by atoms with Gasteiger partial charge in [-0.1, -0.05) is 0 Å². The highest BCUT2D eigenvalue weighted by Gasteiger charge is 2.31. The van der Waals surface area contributed by atoms with E-state index < -0.39 is 11.7 Å². The van der Waals surface area contributed by atoms with Crippen molar-refractivity contribution in [3.05, 3.63) is 29.3 Å². The van der Waals surface area contributed by atoms with E-state index in [1.54, 1.807) is 6.07 Å². The van der Waals surface area contributed by atoms with Gasteiger partial charge in [-0.05, 0) is 75.1 Å². The lowest BCUT2D eigenvalue weighted by Gasteiger charge is -2.34. The summed E-state index contributed by atoms with van der Waals surface area (Å²) in [7, 11) is 0. The number of nitrogens with zero attached hydrogens (tertiary/aromatic N) is 1. The molecule has 7 heteroatoms. The molecule has 0 spiro atoms. The van der Waals surface area contributed by atoms with Gasteiger partial charge in [0.1, 0.15) is 0 Å². The van der Waals surface area contributed by atoms with Crippen molar-refractivity contribution in [3.8, 4) is 0 Å². The zero-order valence-corrected chi connectivity index (χ0v) is 16.7. The van der Waals surface area contributed by atoms with Crippen LogP contribution >= 0.6 is 0 Å². The summed E-state index contributed by atoms with van der Waals surface area (Å²) in [5.41, 5.74) is 6.38. The van der Waals surface area contributed by atoms with Crippen LogP contribution in [0.15, 0.2) is 18.2 Å². The van der Waals surface area contributed by atoms with Crippen LogP contribution in [0.3, 0.4) is 0 Å². The Kier molecular flexibility index (Phi) is 8.16. The number of halogens is 3. The molecule has 1 aromatic carbocycles. The topological polar surface area (TPSA) is 55.6 Å². The third kappa shape index (κ3) is 6.12. The van der Waals surface area contributed by atoms with E-state index in [-0.39, 0.29) is 12.5 Å². The van der Waals surface area contributed by atoms with Gasteiger partial charge in [-0.2, -0.15) is 13.2 Å². The molecule has 1 aliphatic carbocycles. The summed E-state index contributed by atoms with van der Waals surface area (Å²) in [6, 6.07) is 3.84. The number of alkyl halides is 3. The molecule has 1 aromatic rings. The summed E-state index contributed by atoms with van der Waals surface area (Å²) in [5.74, 6) is 0.709. The minimum atomic E-state index is -4.36. The van der Waals surface area contributed by atoms with Gasteiger partial charge in [0.15, 0.2) is 0 Å². The highest BCUT2D eigenvalue weighted by molar-refractivity contribution is 5.69. The summed E-state index contributed by atoms with van der Waals surface area (Å²) < 4.78 is 44.0. The minimum Gasteiger partial charge on any atom is -0.466 e. The average molecular weight is 400 g/mol. The van der Waals surface area contributed by atoms with Crippen LogP contribution < -0.4 is 10.6 Å². The van der Waals surface area contributed by atoms with Gasteiger partial charge in [-0.3, -0.25) is 4.79 Å². The molecule has 4 nitrogen and oxygen atoms in total. The molecule has 0 aromatic heterocycles. The van der Waals surface area contributed by atoms with Gasteiger partial charge in [0.25, 0.3) is 0 Å². The average Bonchev–Trinajstić information content (AvgIpc) is 2.66. The number of esters is 1. The first-order valence-electron chi connectivity index (χ1n) is 10.1. The lowest BCUT2D eigenvalue weighted by molar-refractivity contribution is -0.144. The molecule has 0 saturated heterocycles. The number of benzene rings is 1. The van der Waals surface area contributed by atoms with E-state index in [1.807, 2.05) is 13.8 Å². The van der Waals surface area contributed by atoms with Gasteiger partial charge < -0.3 is 15.4 Å². The molecule has 0 radical (unpaired) electrons. The molecule has 0 heterocycles. The van der Waals surface area contributed by atoms with Crippen LogP contribution in [0.1, 0.15) is 57.1 Å². The predicted octanol–water partition coefficient (Wildman–Crippen LogP) is 4.75. The summed E-state index contributed by atoms with van der Waals surface area (Å²) >= 11 is 0. The Morgan fingerprint density at radius 1 is 1.18 bits per heavy atom. The van der Waals surface area contributed by atoms with Gasteiger partial charge in [0, 0.05) is 31.7 Å². The van der Waals surface area contributed by atoms with Gasteiger partial charge in [0.2, 0.25) is 0 Å². The van der Waals surface area contributed by atoms with E-state index >= 15 is 0 Å². The molecule has 1 aliphatic rings. The molecule has 1 saturated carbocycles. The van der Waals surface area contributed by atoms with Crippen LogP contribution in [-0.4, -0.2) is 25.7 Å². The quantitative estimate of drug-likeness (QED) is 0.640. The van der Waals surface area contributed by atoms with Crippen molar-refractivity contribution in [2.24, 2.45) is 17.6 Å². The van der Waals surface area contributed by atoms with Crippen molar-refractivity contribution in [2.75, 3.05) is 24.6 Å². The van der Waals surface area contributed by atoms with E-state index in [9.17, 15) is 18.0 Å². The number of anilines is 1. The third-order valence-corrected chi connectivity index (χ3v) is 5.55. The Bertz CT molecular complexity index is 641. The van der Waals surface area contributed by atoms with E-state index in [4.69, 9.17) is 10.5 Å². The smallest absolute Gasteiger partial charge is 0.416 e. The molecule has 0 atom stereocenters. The Hall–Kier alpha value is -1.76. The van der Waals surface area contributed by atoms with E-state index in [1.165, 1.54) is 0 Å². The highest BCUT2D eigenvalue weighted by Crippen LogP contribution is 2.35. The lowest BCUT2D eigenvalue weighted by atomic mass is 9.80. The first-order chi connectivity index (χ1) is 13.3. The number of nitrogens with two attached hydrogens (primary N) is 1. The Labute approximate surface area is 165 Å². The maximum absolute atomic E-state index is 13.0. The Morgan fingerprint density at radius 3 is 2.36 bits per heavy atom. The first kappa shape index (κ1) is 22.5. The summed E-state index contributed by atoms with van der Waals surface area (Å²) in [5, 5.41) is 0. The van der Waals surface area contributed by atoms with Crippen LogP contribution in [-0.2, 0) is 22.3 Å². The zero-order valence-electron chi connectivity index (χ0n) is 16.7. The second kappa shape index (κ2) is 10.1. The summed E-state index contributed by atoms with van der Waals surface area (Å²) in [6.45, 7) is 5.80. The van der Waals surface area contributed by atoms with Crippen molar-refractivity contribution in [3.63, 3.8) is 0 Å². The number of carbonyl (C=O) groups excluding carboxylic acids is 1. The second-order valence-electron chi connectivity index (χ2n) is 7.48. The van der Waals surface area contributed by atoms with Crippen LogP contribution in [0.4, 0.5) is 18.9 Å². The van der Waals surface area contributed by atoms with Gasteiger partial charge in [-0.15, -0.1) is 0 Å². The molecule has 158 valence electrons. The van der Waals surface area contributed by atoms with Crippen molar-refractivity contribution < 1.29 is 22.7 Å². The maximum atomic E-state index is 13.0. The molecule has 2 N–H and O–H groups in total. The summed E-state index contributed by atoms with van der Waals surface area (Å²) in [4.78, 5) is 13.8. The van der Waals surface area contributed by atoms with Gasteiger partial charge in [0.05, 0.1) is 12.2 Å². The monoisotopic (exact) mass is 400 g/mol. The SMILES string of the molecule is CCOC(=O)C[C@H]1CC[C@H](CN(CC)c2ccc(C(F)(F)F)cc2CN)CC1. The predicted molar refractivity (Wildman–Crippen MR) is 104 cm³/mol. The molecule has 28 heavy (non-hydrogen) atoms. The number of hydrogen-bond donors (Lipinski definition) is 1. The second-order valence-corrected chi connectivity index (χ2v) is 7.48. The van der Waals surface area contributed by atoms with Crippen LogP contribution in [0.2, 0.25) is 0 Å². The van der Waals surface area contributed by atoms with Crippen LogP contribution in [0.25, 0.3) is 0 Å². The number of hydrogen-bond acceptors (Lipinski definition) is 4. The molecule has 0 amide bonds. The van der Waals surface area contributed by atoms with E-state index in [0.717, 1.165) is 50.0 Å². The fourth-order valence-corrected chi connectivity index (χ4v) is 4.02. The van der Waals surface area contributed by atoms with E-state index in [0.29, 0.717) is 37.0 Å². The number of rotatable bonds is 8. The first-order valence-corrected chi connectivity index (χ1v) is 10.1. The third-order valence-electron chi connectivity index (χ3n) is 5.55. The zero-order chi connectivity index (χ0) is 20.7. The van der Waals surface area contributed by atoms with Crippen LogP contribution in [0, 0.1) is 11.8 Å². The molecule has 0 aliphatic heterocycles. The molecule has 0 unspecified atom stereocenters. The Morgan fingerprint density at radius 2 is 1.82 bits per heavy atom. The molecule has 2 rings (SSSR count). The number of carbonyl (C=O) groups is 1. The Balaban J connectivity index is 1.99. The van der Waals surface area contributed by atoms with Crippen molar-refractivity contribution in [2.45, 2.75) is 58.7 Å². The van der Waals surface area contributed by atoms with Crippen molar-refractivity contribution in [1.82, 2.24) is 0 Å². The minimum absolute atomic E-state index is 0.0715. The fourth-order valence-electron chi connectivity index (χ4n) is 4.02. The fraction of sp³-hybridized carbons (Fsp3) is 0.667. The molecule has 0 bridgehead atoms. The number of ether oxygens (including phenoxy) is 1. The highest BCUT2D eigenvalue weighted by atomic mass is 19.4. The largest absolute Gasteiger partial charge is 0.466 e.